The third-order valence-corrected chi connectivity index (χ3v) is 13.6. The van der Waals surface area contributed by atoms with Gasteiger partial charge in [0.05, 0.1) is 0 Å². The van der Waals surface area contributed by atoms with Crippen molar-refractivity contribution in [1.82, 2.24) is 20.9 Å². The highest BCUT2D eigenvalue weighted by molar-refractivity contribution is 6.31. The van der Waals surface area contributed by atoms with E-state index in [9.17, 15) is 28.8 Å². The van der Waals surface area contributed by atoms with Crippen LogP contribution in [0.2, 0.25) is 5.02 Å². The normalized spacial score (nSPS) is 23.6. The first-order valence-corrected chi connectivity index (χ1v) is 21.3. The average Bonchev–Trinajstić information content (AvgIpc) is 3.83. The van der Waals surface area contributed by atoms with Gasteiger partial charge < -0.3 is 26.2 Å². The van der Waals surface area contributed by atoms with Crippen LogP contribution in [0.25, 0.3) is 0 Å². The van der Waals surface area contributed by atoms with Crippen molar-refractivity contribution in [1.29, 1.82) is 0 Å². The molecule has 308 valence electrons. The minimum Gasteiger partial charge on any atom is -0.352 e. The summed E-state index contributed by atoms with van der Waals surface area (Å²) in [4.78, 5) is 79.9. The molecule has 0 aromatic heterocycles. The van der Waals surface area contributed by atoms with E-state index in [2.05, 4.69) is 26.6 Å². The highest BCUT2D eigenvalue weighted by Crippen LogP contribution is 2.64. The Kier molecular flexibility index (Phi) is 10.5. The van der Waals surface area contributed by atoms with E-state index in [1.165, 1.54) is 0 Å². The van der Waals surface area contributed by atoms with Gasteiger partial charge in [-0.15, -0.1) is 0 Å². The van der Waals surface area contributed by atoms with Crippen molar-refractivity contribution < 1.29 is 28.8 Å². The van der Waals surface area contributed by atoms with Crippen molar-refractivity contribution >= 4 is 58.4 Å². The summed E-state index contributed by atoms with van der Waals surface area (Å²) in [5.41, 5.74) is 4.94. The van der Waals surface area contributed by atoms with Crippen molar-refractivity contribution in [3.63, 3.8) is 0 Å². The molecule has 1 aliphatic carbocycles. The monoisotopic (exact) mass is 826 g/mol. The second-order valence-corrected chi connectivity index (χ2v) is 17.2. The summed E-state index contributed by atoms with van der Waals surface area (Å²) in [5.74, 6) is -1.65. The van der Waals surface area contributed by atoms with Gasteiger partial charge in [0.1, 0.15) is 11.5 Å². The number of unbranched alkanes of at least 4 members (excludes halogenated alkanes) is 2. The molecule has 1 saturated carbocycles. The molecule has 4 atom stereocenters. The van der Waals surface area contributed by atoms with Crippen LogP contribution < -0.4 is 26.6 Å². The lowest BCUT2D eigenvalue weighted by Gasteiger charge is -2.50. The quantitative estimate of drug-likeness (QED) is 0.0846. The van der Waals surface area contributed by atoms with Crippen LogP contribution in [0.5, 0.6) is 0 Å². The zero-order chi connectivity index (χ0) is 41.6. The lowest BCUT2D eigenvalue weighted by Crippen LogP contribution is -2.63. The molecule has 2 saturated heterocycles. The van der Waals surface area contributed by atoms with Gasteiger partial charge in [-0.2, -0.15) is 0 Å². The highest BCUT2D eigenvalue weighted by atomic mass is 35.5. The van der Waals surface area contributed by atoms with Gasteiger partial charge in [-0.05, 0) is 110 Å². The van der Waals surface area contributed by atoms with Crippen LogP contribution in [0.1, 0.15) is 107 Å². The number of carbonyl (C=O) groups is 6. The molecule has 4 heterocycles. The molecule has 4 aliphatic heterocycles. The molecule has 5 aliphatic rings. The van der Waals surface area contributed by atoms with Crippen LogP contribution in [0.15, 0.2) is 91.0 Å². The van der Waals surface area contributed by atoms with Gasteiger partial charge in [0, 0.05) is 71.0 Å². The predicted octanol–water partition coefficient (Wildman–Crippen LogP) is 6.14. The molecule has 1 unspecified atom stereocenters. The van der Waals surface area contributed by atoms with Gasteiger partial charge in [0.25, 0.3) is 11.8 Å². The zero-order valence-electron chi connectivity index (χ0n) is 33.2. The Labute approximate surface area is 353 Å². The SMILES string of the molecule is O=C1CCC(N2Cc3c(CCCCCNC(=O)c4ccc(NC(=O)C[C@@H]5NC6(CCC6)[C@@]6(C(=O)Nc7cc(Cl)ccc76)[C@H]5c5ccccc5)cc4)cccc3C2=O)C(=O)N1. The molecule has 13 heteroatoms. The maximum Gasteiger partial charge on any atom is 0.255 e. The largest absolute Gasteiger partial charge is 0.352 e. The average molecular weight is 827 g/mol. The number of hydrogen-bond donors (Lipinski definition) is 5. The number of nitrogens with one attached hydrogen (secondary N) is 5. The van der Waals surface area contributed by atoms with Crippen molar-refractivity contribution in [2.75, 3.05) is 17.2 Å². The Morgan fingerprint density at radius 1 is 0.867 bits per heavy atom. The number of fused-ring (bicyclic) bond motifs is 4. The van der Waals surface area contributed by atoms with Crippen LogP contribution in [0.3, 0.4) is 0 Å². The highest BCUT2D eigenvalue weighted by Gasteiger charge is 2.72. The molecule has 0 bridgehead atoms. The molecule has 4 aromatic rings. The fraction of sp³-hybridized carbons (Fsp3) is 0.362. The third-order valence-electron chi connectivity index (χ3n) is 13.4. The van der Waals surface area contributed by atoms with E-state index in [-0.39, 0.29) is 54.3 Å². The number of nitrogens with zero attached hydrogens (tertiary/aromatic N) is 1. The van der Waals surface area contributed by atoms with Gasteiger partial charge in [-0.1, -0.05) is 66.6 Å². The van der Waals surface area contributed by atoms with Crippen molar-refractivity contribution in [3.05, 3.63) is 129 Å². The number of piperidine rings is 1. The van der Waals surface area contributed by atoms with Crippen LogP contribution in [-0.2, 0) is 37.6 Å². The first-order valence-electron chi connectivity index (χ1n) is 21.0. The number of halogens is 1. The summed E-state index contributed by atoms with van der Waals surface area (Å²) in [5, 5.41) is 15.9. The van der Waals surface area contributed by atoms with Crippen LogP contribution in [0, 0.1) is 0 Å². The second-order valence-electron chi connectivity index (χ2n) is 16.8. The van der Waals surface area contributed by atoms with Gasteiger partial charge in [0.2, 0.25) is 23.6 Å². The Morgan fingerprint density at radius 3 is 2.42 bits per heavy atom. The number of carbonyl (C=O) groups excluding carboxylic acids is 6. The summed E-state index contributed by atoms with van der Waals surface area (Å²) in [6.45, 7) is 0.857. The molecular weight excluding hydrogens is 780 g/mol. The smallest absolute Gasteiger partial charge is 0.255 e. The molecule has 12 nitrogen and oxygen atoms in total. The number of imide groups is 1. The maximum absolute atomic E-state index is 14.3. The molecule has 4 aromatic carbocycles. The number of amides is 6. The van der Waals surface area contributed by atoms with E-state index in [1.807, 2.05) is 60.7 Å². The van der Waals surface area contributed by atoms with E-state index in [4.69, 9.17) is 11.6 Å². The second kappa shape index (κ2) is 16.0. The number of hydrogen-bond acceptors (Lipinski definition) is 7. The van der Waals surface area contributed by atoms with E-state index in [0.717, 1.165) is 72.9 Å². The summed E-state index contributed by atoms with van der Waals surface area (Å²) < 4.78 is 0. The third kappa shape index (κ3) is 6.85. The summed E-state index contributed by atoms with van der Waals surface area (Å²) in [6.07, 6.45) is 6.61. The number of rotatable bonds is 12. The van der Waals surface area contributed by atoms with Crippen LogP contribution in [-0.4, -0.2) is 64.5 Å². The van der Waals surface area contributed by atoms with Gasteiger partial charge in [-0.3, -0.25) is 34.1 Å². The first kappa shape index (κ1) is 39.6. The number of benzene rings is 4. The summed E-state index contributed by atoms with van der Waals surface area (Å²) in [7, 11) is 0. The van der Waals surface area contributed by atoms with Crippen LogP contribution in [0.4, 0.5) is 11.4 Å². The Hall–Kier alpha value is -5.85. The van der Waals surface area contributed by atoms with Crippen molar-refractivity contribution in [2.45, 2.75) is 99.7 Å². The molecule has 2 spiro atoms. The molecule has 0 radical (unpaired) electrons. The number of aryl methyl sites for hydroxylation is 1. The molecule has 9 rings (SSSR count). The Bertz CT molecular complexity index is 2400. The predicted molar refractivity (Wildman–Crippen MR) is 227 cm³/mol. The maximum atomic E-state index is 14.3. The van der Waals surface area contributed by atoms with Crippen LogP contribution >= 0.6 is 11.6 Å². The van der Waals surface area contributed by atoms with Crippen molar-refractivity contribution in [3.8, 4) is 0 Å². The molecule has 6 amide bonds. The fourth-order valence-electron chi connectivity index (χ4n) is 10.5. The van der Waals surface area contributed by atoms with E-state index in [1.54, 1.807) is 35.2 Å². The Balaban J connectivity index is 0.777. The lowest BCUT2D eigenvalue weighted by molar-refractivity contribution is -0.137. The minimum atomic E-state index is -0.903. The van der Waals surface area contributed by atoms with Gasteiger partial charge in [0.15, 0.2) is 0 Å². The number of anilines is 2. The summed E-state index contributed by atoms with van der Waals surface area (Å²) >= 11 is 6.37. The Morgan fingerprint density at radius 2 is 1.67 bits per heavy atom. The van der Waals surface area contributed by atoms with E-state index < -0.39 is 22.9 Å². The fourth-order valence-corrected chi connectivity index (χ4v) is 10.7. The molecular formula is C47H47ClN6O6. The molecule has 5 N–H and O–H groups in total. The van der Waals surface area contributed by atoms with Gasteiger partial charge >= 0.3 is 0 Å². The van der Waals surface area contributed by atoms with E-state index in [0.29, 0.717) is 41.3 Å². The summed E-state index contributed by atoms with van der Waals surface area (Å²) in [6, 6.07) is 27.2. The zero-order valence-corrected chi connectivity index (χ0v) is 33.9. The van der Waals surface area contributed by atoms with E-state index >= 15 is 0 Å². The molecule has 60 heavy (non-hydrogen) atoms. The topological polar surface area (TPSA) is 166 Å². The first-order chi connectivity index (χ1) is 29.1. The molecule has 3 fully saturated rings. The van der Waals surface area contributed by atoms with Gasteiger partial charge in [-0.25, -0.2) is 0 Å². The standard InChI is InChI=1S/C47H47ClN6O6/c48-31-16-19-35-36(25-31)51-45(60)47(35)41(29-10-3-1-4-11-29)37(53-46(47)22-8-23-46)26-40(56)50-32-17-14-30(15-18-32)42(57)49-24-6-2-5-9-28-12-7-13-33-34(28)27-54(44(33)59)38-20-21-39(55)52-43(38)58/h1,3-4,7,10-19,25,37-38,41,53H,2,5-6,8-9,20-24,26-27H2,(H,49,57)(H,50,56)(H,51,60)(H,52,55,58)/t37-,38?,41-,47+/m0/s1. The lowest BCUT2D eigenvalue weighted by atomic mass is 9.53. The minimum absolute atomic E-state index is 0.0620. The van der Waals surface area contributed by atoms with Crippen molar-refractivity contribution in [2.24, 2.45) is 0 Å².